The van der Waals surface area contributed by atoms with Gasteiger partial charge in [-0.05, 0) is 37.4 Å². The second-order valence-electron chi connectivity index (χ2n) is 6.21. The van der Waals surface area contributed by atoms with Crippen molar-refractivity contribution < 1.29 is 14.6 Å². The zero-order valence-corrected chi connectivity index (χ0v) is 12.0. The molecule has 2 bridgehead atoms. The fourth-order valence-corrected chi connectivity index (χ4v) is 4.12. The fraction of sp³-hybridized carbons (Fsp3) is 0.562. The number of nitrogens with zero attached hydrogens (tertiary/aromatic N) is 2. The van der Waals surface area contributed by atoms with Crippen molar-refractivity contribution in [1.82, 2.24) is 4.90 Å². The van der Waals surface area contributed by atoms with E-state index in [4.69, 9.17) is 4.74 Å². The van der Waals surface area contributed by atoms with Crippen LogP contribution in [0.15, 0.2) is 18.2 Å². The van der Waals surface area contributed by atoms with E-state index in [-0.39, 0.29) is 5.56 Å². The van der Waals surface area contributed by atoms with E-state index in [1.54, 1.807) is 6.07 Å². The topological polar surface area (TPSA) is 53.0 Å². The number of hydrogen-bond donors (Lipinski definition) is 1. The van der Waals surface area contributed by atoms with Crippen molar-refractivity contribution in [3.63, 3.8) is 0 Å². The van der Waals surface area contributed by atoms with Gasteiger partial charge in [0.25, 0.3) is 0 Å². The lowest BCUT2D eigenvalue weighted by atomic mass is 9.91. The number of para-hydroxylation sites is 1. The molecule has 1 aromatic carbocycles. The summed E-state index contributed by atoms with van der Waals surface area (Å²) in [4.78, 5) is 16.3. The molecular weight excluding hydrogens is 268 g/mol. The minimum absolute atomic E-state index is 0.279. The van der Waals surface area contributed by atoms with Gasteiger partial charge in [0, 0.05) is 19.1 Å². The van der Waals surface area contributed by atoms with Crippen LogP contribution >= 0.6 is 0 Å². The lowest BCUT2D eigenvalue weighted by molar-refractivity contribution is 0.0691. The van der Waals surface area contributed by atoms with E-state index in [2.05, 4.69) is 9.80 Å². The molecule has 3 aliphatic rings. The molecule has 2 fully saturated rings. The van der Waals surface area contributed by atoms with Crippen LogP contribution in [0.25, 0.3) is 0 Å². The van der Waals surface area contributed by atoms with Gasteiger partial charge in [0.05, 0.1) is 12.2 Å². The molecule has 4 rings (SSSR count). The zero-order chi connectivity index (χ0) is 14.4. The molecule has 0 aliphatic carbocycles. The minimum atomic E-state index is -0.913. The Kier molecular flexibility index (Phi) is 3.03. The molecule has 0 radical (unpaired) electrons. The molecule has 3 unspecified atom stereocenters. The van der Waals surface area contributed by atoms with Crippen LogP contribution in [0, 0.1) is 5.92 Å². The largest absolute Gasteiger partial charge is 0.489 e. The van der Waals surface area contributed by atoms with Crippen molar-refractivity contribution in [3.05, 3.63) is 23.8 Å². The maximum absolute atomic E-state index is 11.4. The predicted octanol–water partition coefficient (Wildman–Crippen LogP) is 1.68. The van der Waals surface area contributed by atoms with Crippen molar-refractivity contribution in [3.8, 4) is 5.75 Å². The number of hydrogen-bond acceptors (Lipinski definition) is 4. The lowest BCUT2D eigenvalue weighted by Gasteiger charge is -2.43. The first-order valence-corrected chi connectivity index (χ1v) is 7.72. The average molecular weight is 288 g/mol. The van der Waals surface area contributed by atoms with Gasteiger partial charge in [0.2, 0.25) is 0 Å². The highest BCUT2D eigenvalue weighted by atomic mass is 16.5. The molecule has 0 spiro atoms. The van der Waals surface area contributed by atoms with Crippen LogP contribution in [0.4, 0.5) is 5.69 Å². The maximum atomic E-state index is 11.4. The Morgan fingerprint density at radius 1 is 1.24 bits per heavy atom. The number of benzene rings is 1. The van der Waals surface area contributed by atoms with E-state index in [0.717, 1.165) is 18.8 Å². The number of anilines is 1. The van der Waals surface area contributed by atoms with Crippen LogP contribution in [0.3, 0.4) is 0 Å². The number of rotatable bonds is 2. The molecule has 0 aromatic heterocycles. The Balaban J connectivity index is 1.70. The van der Waals surface area contributed by atoms with Gasteiger partial charge in [-0.2, -0.15) is 0 Å². The second-order valence-corrected chi connectivity index (χ2v) is 6.21. The van der Waals surface area contributed by atoms with E-state index < -0.39 is 5.97 Å². The summed E-state index contributed by atoms with van der Waals surface area (Å²) in [5.41, 5.74) is 1.24. The molecule has 3 heterocycles. The molecule has 1 N–H and O–H groups in total. The van der Waals surface area contributed by atoms with Gasteiger partial charge in [0.1, 0.15) is 12.2 Å². The first kappa shape index (κ1) is 13.0. The number of carboxylic acid groups (broad SMARTS) is 1. The Morgan fingerprint density at radius 3 is 2.95 bits per heavy atom. The summed E-state index contributed by atoms with van der Waals surface area (Å²) < 4.78 is 5.68. The summed E-state index contributed by atoms with van der Waals surface area (Å²) >= 11 is 0. The molecule has 5 heteroatoms. The zero-order valence-electron chi connectivity index (χ0n) is 12.0. The summed E-state index contributed by atoms with van der Waals surface area (Å²) in [7, 11) is 0. The number of carbonyl (C=O) groups is 1. The van der Waals surface area contributed by atoms with Crippen molar-refractivity contribution >= 4 is 11.7 Å². The third-order valence-corrected chi connectivity index (χ3v) is 5.11. The maximum Gasteiger partial charge on any atom is 0.339 e. The molecule has 112 valence electrons. The molecule has 0 amide bonds. The summed E-state index contributed by atoms with van der Waals surface area (Å²) in [5, 5.41) is 9.34. The lowest BCUT2D eigenvalue weighted by Crippen LogP contribution is -2.49. The highest BCUT2D eigenvalue weighted by molar-refractivity contribution is 5.93. The Bertz CT molecular complexity index is 575. The monoisotopic (exact) mass is 288 g/mol. The molecule has 2 saturated heterocycles. The van der Waals surface area contributed by atoms with Crippen molar-refractivity contribution in [2.75, 3.05) is 37.7 Å². The Labute approximate surface area is 124 Å². The van der Waals surface area contributed by atoms with E-state index >= 15 is 0 Å². The van der Waals surface area contributed by atoms with Crippen molar-refractivity contribution in [1.29, 1.82) is 0 Å². The molecule has 0 saturated carbocycles. The number of ether oxygens (including phenoxy) is 1. The molecule has 21 heavy (non-hydrogen) atoms. The second kappa shape index (κ2) is 4.91. The average Bonchev–Trinajstić information content (AvgIpc) is 2.88. The quantitative estimate of drug-likeness (QED) is 0.897. The van der Waals surface area contributed by atoms with Crippen molar-refractivity contribution in [2.24, 2.45) is 5.92 Å². The van der Waals surface area contributed by atoms with Crippen LogP contribution in [0.5, 0.6) is 5.75 Å². The van der Waals surface area contributed by atoms with Crippen LogP contribution in [0.1, 0.15) is 23.2 Å². The van der Waals surface area contributed by atoms with E-state index in [1.807, 2.05) is 12.1 Å². The summed E-state index contributed by atoms with van der Waals surface area (Å²) in [6, 6.07) is 5.98. The number of carboxylic acids is 1. The SMILES string of the molecule is O=C(O)c1cccc2c1OCCN2C1CCN2CCC1C2. The summed E-state index contributed by atoms with van der Waals surface area (Å²) in [6.45, 7) is 5.00. The van der Waals surface area contributed by atoms with Gasteiger partial charge >= 0.3 is 5.97 Å². The third-order valence-electron chi connectivity index (χ3n) is 5.11. The smallest absolute Gasteiger partial charge is 0.339 e. The standard InChI is InChI=1S/C16H20N2O3/c19-16(20)12-2-1-3-14-15(12)21-9-8-18(14)13-5-7-17-6-4-11(13)10-17/h1-3,11,13H,4-10H2,(H,19,20). The molecule has 5 nitrogen and oxygen atoms in total. The van der Waals surface area contributed by atoms with E-state index in [1.165, 1.54) is 25.9 Å². The minimum Gasteiger partial charge on any atom is -0.489 e. The Morgan fingerprint density at radius 2 is 2.10 bits per heavy atom. The first-order valence-electron chi connectivity index (χ1n) is 7.72. The van der Waals surface area contributed by atoms with Gasteiger partial charge in [-0.15, -0.1) is 0 Å². The van der Waals surface area contributed by atoms with Gasteiger partial charge < -0.3 is 19.6 Å². The molecular formula is C16H20N2O3. The van der Waals surface area contributed by atoms with Gasteiger partial charge in [-0.3, -0.25) is 0 Å². The van der Waals surface area contributed by atoms with Gasteiger partial charge in [0.15, 0.2) is 5.75 Å². The number of piperidine rings is 1. The third kappa shape index (κ3) is 2.07. The van der Waals surface area contributed by atoms with Crippen LogP contribution in [0.2, 0.25) is 0 Å². The fourth-order valence-electron chi connectivity index (χ4n) is 4.12. The normalized spacial score (nSPS) is 30.7. The molecule has 3 aliphatic heterocycles. The van der Waals surface area contributed by atoms with Crippen LogP contribution in [-0.4, -0.2) is 54.8 Å². The van der Waals surface area contributed by atoms with E-state index in [0.29, 0.717) is 24.3 Å². The van der Waals surface area contributed by atoms with Crippen molar-refractivity contribution in [2.45, 2.75) is 18.9 Å². The number of fused-ring (bicyclic) bond motifs is 3. The van der Waals surface area contributed by atoms with Crippen LogP contribution in [-0.2, 0) is 0 Å². The predicted molar refractivity (Wildman–Crippen MR) is 79.2 cm³/mol. The molecule has 3 atom stereocenters. The first-order chi connectivity index (χ1) is 10.2. The van der Waals surface area contributed by atoms with Gasteiger partial charge in [-0.1, -0.05) is 6.07 Å². The summed E-state index contributed by atoms with van der Waals surface area (Å²) in [5.74, 6) is 0.347. The summed E-state index contributed by atoms with van der Waals surface area (Å²) in [6.07, 6.45) is 2.43. The van der Waals surface area contributed by atoms with E-state index in [9.17, 15) is 9.90 Å². The van der Waals surface area contributed by atoms with Gasteiger partial charge in [-0.25, -0.2) is 4.79 Å². The number of aromatic carboxylic acids is 1. The highest BCUT2D eigenvalue weighted by Gasteiger charge is 2.39. The Hall–Kier alpha value is -1.75. The highest BCUT2D eigenvalue weighted by Crippen LogP contribution is 2.40. The van der Waals surface area contributed by atoms with Crippen LogP contribution < -0.4 is 9.64 Å². The molecule has 1 aromatic rings.